The van der Waals surface area contributed by atoms with Crippen molar-refractivity contribution in [2.75, 3.05) is 0 Å². The topological polar surface area (TPSA) is 67.8 Å². The van der Waals surface area contributed by atoms with Gasteiger partial charge in [-0.1, -0.05) is 0 Å². The van der Waals surface area contributed by atoms with Crippen molar-refractivity contribution < 1.29 is 18.3 Å². The van der Waals surface area contributed by atoms with Gasteiger partial charge < -0.3 is 5.11 Å². The molecule has 0 aromatic heterocycles. The van der Waals surface area contributed by atoms with E-state index in [4.69, 9.17) is 10.5 Å². The molecule has 0 saturated carbocycles. The van der Waals surface area contributed by atoms with Gasteiger partial charge in [0.15, 0.2) is 0 Å². The highest BCUT2D eigenvalue weighted by atomic mass is 19.4. The predicted molar refractivity (Wildman–Crippen MR) is 47.1 cm³/mol. The molecular formula is C10H5F3N2O. The van der Waals surface area contributed by atoms with Crippen molar-refractivity contribution in [3.05, 3.63) is 28.8 Å². The SMILES string of the molecule is N#CCc1c(C#N)ccc(C(F)(F)F)c1O. The van der Waals surface area contributed by atoms with Gasteiger partial charge in [-0.3, -0.25) is 0 Å². The molecular weight excluding hydrogens is 221 g/mol. The van der Waals surface area contributed by atoms with Gasteiger partial charge in [-0.15, -0.1) is 0 Å². The minimum absolute atomic E-state index is 0.132. The van der Waals surface area contributed by atoms with Crippen molar-refractivity contribution in [1.82, 2.24) is 0 Å². The Hall–Kier alpha value is -2.21. The van der Waals surface area contributed by atoms with E-state index in [1.807, 2.05) is 0 Å². The minimum atomic E-state index is -4.71. The van der Waals surface area contributed by atoms with Gasteiger partial charge in [-0.05, 0) is 12.1 Å². The fourth-order valence-electron chi connectivity index (χ4n) is 1.23. The van der Waals surface area contributed by atoms with Crippen LogP contribution >= 0.6 is 0 Å². The number of benzene rings is 1. The first kappa shape index (κ1) is 11.9. The second kappa shape index (κ2) is 4.11. The summed E-state index contributed by atoms with van der Waals surface area (Å²) in [7, 11) is 0. The third-order valence-electron chi connectivity index (χ3n) is 1.96. The number of nitriles is 2. The zero-order valence-electron chi connectivity index (χ0n) is 7.84. The van der Waals surface area contributed by atoms with E-state index in [0.29, 0.717) is 6.07 Å². The zero-order valence-corrected chi connectivity index (χ0v) is 7.84. The largest absolute Gasteiger partial charge is 0.507 e. The van der Waals surface area contributed by atoms with Crippen LogP contribution in [-0.4, -0.2) is 5.11 Å². The molecule has 3 nitrogen and oxygen atoms in total. The minimum Gasteiger partial charge on any atom is -0.507 e. The Balaban J connectivity index is 3.46. The van der Waals surface area contributed by atoms with Gasteiger partial charge in [-0.2, -0.15) is 23.7 Å². The fourth-order valence-corrected chi connectivity index (χ4v) is 1.23. The number of aromatic hydroxyl groups is 1. The molecule has 0 atom stereocenters. The second-order valence-electron chi connectivity index (χ2n) is 2.93. The molecule has 1 N–H and O–H groups in total. The lowest BCUT2D eigenvalue weighted by Crippen LogP contribution is -2.07. The average molecular weight is 226 g/mol. The molecule has 0 fully saturated rings. The first-order valence-electron chi connectivity index (χ1n) is 4.11. The van der Waals surface area contributed by atoms with E-state index in [-0.39, 0.29) is 11.1 Å². The molecule has 16 heavy (non-hydrogen) atoms. The average Bonchev–Trinajstić information content (AvgIpc) is 2.19. The van der Waals surface area contributed by atoms with Crippen molar-refractivity contribution >= 4 is 0 Å². The molecule has 0 amide bonds. The van der Waals surface area contributed by atoms with Crippen LogP contribution in [0.4, 0.5) is 13.2 Å². The molecule has 6 heteroatoms. The molecule has 0 heterocycles. The molecule has 1 aromatic rings. The summed E-state index contributed by atoms with van der Waals surface area (Å²) in [6.45, 7) is 0. The van der Waals surface area contributed by atoms with Gasteiger partial charge in [0.05, 0.1) is 29.7 Å². The van der Waals surface area contributed by atoms with Gasteiger partial charge in [0.1, 0.15) is 5.75 Å². The lowest BCUT2D eigenvalue weighted by molar-refractivity contribution is -0.138. The summed E-state index contributed by atoms with van der Waals surface area (Å²) >= 11 is 0. The van der Waals surface area contributed by atoms with E-state index >= 15 is 0 Å². The number of halogens is 3. The third kappa shape index (κ3) is 2.06. The number of phenols is 1. The van der Waals surface area contributed by atoms with Crippen LogP contribution in [0, 0.1) is 22.7 Å². The molecule has 0 radical (unpaired) electrons. The molecule has 0 aliphatic carbocycles. The Morgan fingerprint density at radius 2 is 1.88 bits per heavy atom. The van der Waals surface area contributed by atoms with Crippen molar-refractivity contribution in [2.24, 2.45) is 0 Å². The molecule has 0 aliphatic rings. The maximum Gasteiger partial charge on any atom is 0.419 e. The molecule has 0 unspecified atom stereocenters. The molecule has 0 bridgehead atoms. The monoisotopic (exact) mass is 226 g/mol. The van der Waals surface area contributed by atoms with Crippen LogP contribution in [0.5, 0.6) is 5.75 Å². The summed E-state index contributed by atoms with van der Waals surface area (Å²) in [6, 6.07) is 4.78. The van der Waals surface area contributed by atoms with E-state index in [2.05, 4.69) is 0 Å². The highest BCUT2D eigenvalue weighted by molar-refractivity contribution is 5.52. The third-order valence-corrected chi connectivity index (χ3v) is 1.96. The number of phenolic OH excluding ortho intramolecular Hbond substituents is 1. The van der Waals surface area contributed by atoms with E-state index in [1.165, 1.54) is 0 Å². The van der Waals surface area contributed by atoms with Crippen LogP contribution in [0.3, 0.4) is 0 Å². The number of alkyl halides is 3. The maximum absolute atomic E-state index is 12.4. The van der Waals surface area contributed by atoms with Crippen LogP contribution in [0.2, 0.25) is 0 Å². The Morgan fingerprint density at radius 1 is 1.25 bits per heavy atom. The molecule has 1 rings (SSSR count). The first-order valence-corrected chi connectivity index (χ1v) is 4.11. The summed E-state index contributed by atoms with van der Waals surface area (Å²) in [5.41, 5.74) is -1.66. The van der Waals surface area contributed by atoms with Crippen LogP contribution in [0.25, 0.3) is 0 Å². The van der Waals surface area contributed by atoms with E-state index in [9.17, 15) is 18.3 Å². The molecule has 1 aromatic carbocycles. The van der Waals surface area contributed by atoms with Crippen molar-refractivity contribution in [2.45, 2.75) is 12.6 Å². The van der Waals surface area contributed by atoms with Crippen LogP contribution in [0.15, 0.2) is 12.1 Å². The highest BCUT2D eigenvalue weighted by Gasteiger charge is 2.35. The molecule has 0 saturated heterocycles. The fraction of sp³-hybridized carbons (Fsp3) is 0.200. The van der Waals surface area contributed by atoms with Gasteiger partial charge in [0.2, 0.25) is 0 Å². The van der Waals surface area contributed by atoms with E-state index in [1.54, 1.807) is 12.1 Å². The number of hydrogen-bond donors (Lipinski definition) is 1. The second-order valence-corrected chi connectivity index (χ2v) is 2.93. The Labute approximate surface area is 89.0 Å². The number of rotatable bonds is 1. The van der Waals surface area contributed by atoms with Crippen molar-refractivity contribution in [1.29, 1.82) is 10.5 Å². The standard InChI is InChI=1S/C10H5F3N2O/c11-10(12,13)8-2-1-6(5-15)7(3-4-14)9(8)16/h1-2,16H,3H2. The van der Waals surface area contributed by atoms with Crippen molar-refractivity contribution in [3.8, 4) is 17.9 Å². The van der Waals surface area contributed by atoms with Gasteiger partial charge in [-0.25, -0.2) is 0 Å². The first-order chi connectivity index (χ1) is 7.41. The van der Waals surface area contributed by atoms with E-state index < -0.39 is 23.9 Å². The number of hydrogen-bond acceptors (Lipinski definition) is 3. The Kier molecular flexibility index (Phi) is 3.05. The predicted octanol–water partition coefficient (Wildman–Crippen LogP) is 2.35. The van der Waals surface area contributed by atoms with E-state index in [0.717, 1.165) is 6.07 Å². The van der Waals surface area contributed by atoms with Gasteiger partial charge in [0.25, 0.3) is 0 Å². The summed E-state index contributed by atoms with van der Waals surface area (Å²) in [4.78, 5) is 0. The Morgan fingerprint density at radius 3 is 2.31 bits per heavy atom. The van der Waals surface area contributed by atoms with Crippen LogP contribution in [-0.2, 0) is 12.6 Å². The van der Waals surface area contributed by atoms with Gasteiger partial charge >= 0.3 is 6.18 Å². The lowest BCUT2D eigenvalue weighted by Gasteiger charge is -2.11. The lowest BCUT2D eigenvalue weighted by atomic mass is 10.0. The van der Waals surface area contributed by atoms with Gasteiger partial charge in [0, 0.05) is 5.56 Å². The summed E-state index contributed by atoms with van der Waals surface area (Å²) in [6.07, 6.45) is -5.15. The summed E-state index contributed by atoms with van der Waals surface area (Å²) < 4.78 is 37.1. The molecule has 0 aliphatic heterocycles. The highest BCUT2D eigenvalue weighted by Crippen LogP contribution is 2.38. The zero-order chi connectivity index (χ0) is 12.3. The summed E-state index contributed by atoms with van der Waals surface area (Å²) in [5, 5.41) is 26.4. The quantitative estimate of drug-likeness (QED) is 0.799. The maximum atomic E-state index is 12.4. The normalized spacial score (nSPS) is 10.6. The number of nitrogens with zero attached hydrogens (tertiary/aromatic N) is 2. The smallest absolute Gasteiger partial charge is 0.419 e. The summed E-state index contributed by atoms with van der Waals surface area (Å²) in [5.74, 6) is -1.05. The molecule has 82 valence electrons. The molecule has 0 spiro atoms. The van der Waals surface area contributed by atoms with Crippen LogP contribution in [0.1, 0.15) is 16.7 Å². The van der Waals surface area contributed by atoms with Crippen molar-refractivity contribution in [3.63, 3.8) is 0 Å². The van der Waals surface area contributed by atoms with Crippen LogP contribution < -0.4 is 0 Å². The Bertz CT molecular complexity index is 495.